The van der Waals surface area contributed by atoms with E-state index in [1.165, 1.54) is 6.42 Å². The maximum absolute atomic E-state index is 13.8. The molecule has 148 valence electrons. The molecule has 4 heteroatoms. The molecule has 0 N–H and O–H groups in total. The van der Waals surface area contributed by atoms with Gasteiger partial charge in [-0.3, -0.25) is 9.36 Å². The molecule has 2 aromatic carbocycles. The average Bonchev–Trinajstić information content (AvgIpc) is 2.75. The van der Waals surface area contributed by atoms with Crippen molar-refractivity contribution in [2.45, 2.75) is 33.1 Å². The second-order valence-electron chi connectivity index (χ2n) is 7.80. The second kappa shape index (κ2) is 8.08. The third-order valence-corrected chi connectivity index (χ3v) is 5.47. The number of rotatable bonds is 4. The van der Waals surface area contributed by atoms with E-state index < -0.39 is 0 Å². The Labute approximate surface area is 172 Å². The van der Waals surface area contributed by atoms with Crippen LogP contribution in [-0.4, -0.2) is 22.6 Å². The van der Waals surface area contributed by atoms with Gasteiger partial charge in [-0.2, -0.15) is 0 Å². The molecule has 1 saturated heterocycles. The first-order valence-electron chi connectivity index (χ1n) is 10.3. The van der Waals surface area contributed by atoms with Gasteiger partial charge in [-0.1, -0.05) is 54.6 Å². The van der Waals surface area contributed by atoms with Crippen LogP contribution in [0.25, 0.3) is 22.6 Å². The van der Waals surface area contributed by atoms with E-state index in [0.29, 0.717) is 11.4 Å². The van der Waals surface area contributed by atoms with E-state index in [2.05, 4.69) is 11.5 Å². The number of benzene rings is 2. The molecule has 0 atom stereocenters. The predicted octanol–water partition coefficient (Wildman–Crippen LogP) is 5.23. The van der Waals surface area contributed by atoms with Gasteiger partial charge in [0, 0.05) is 18.7 Å². The number of piperidine rings is 1. The van der Waals surface area contributed by atoms with Gasteiger partial charge in [-0.05, 0) is 50.8 Å². The lowest BCUT2D eigenvalue weighted by Crippen LogP contribution is -2.35. The lowest BCUT2D eigenvalue weighted by Gasteiger charge is -2.30. The Morgan fingerprint density at radius 2 is 1.62 bits per heavy atom. The quantitative estimate of drug-likeness (QED) is 0.617. The summed E-state index contributed by atoms with van der Waals surface area (Å²) in [6.07, 6.45) is 3.48. The summed E-state index contributed by atoms with van der Waals surface area (Å²) < 4.78 is 1.73. The van der Waals surface area contributed by atoms with E-state index >= 15 is 0 Å². The number of aryl methyl sites for hydroxylation is 1. The van der Waals surface area contributed by atoms with Gasteiger partial charge in [0.25, 0.3) is 5.56 Å². The predicted molar refractivity (Wildman–Crippen MR) is 121 cm³/mol. The van der Waals surface area contributed by atoms with Crippen LogP contribution in [-0.2, 0) is 0 Å². The number of aromatic nitrogens is 2. The van der Waals surface area contributed by atoms with Gasteiger partial charge in [-0.25, -0.2) is 4.98 Å². The molecule has 2 heterocycles. The van der Waals surface area contributed by atoms with Crippen molar-refractivity contribution in [1.29, 1.82) is 0 Å². The molecule has 0 aliphatic carbocycles. The highest BCUT2D eigenvalue weighted by molar-refractivity contribution is 5.74. The Hall–Kier alpha value is -3.14. The Kier molecular flexibility index (Phi) is 5.34. The number of hydrogen-bond acceptors (Lipinski definition) is 3. The molecule has 0 spiro atoms. The minimum atomic E-state index is -0.0595. The summed E-state index contributed by atoms with van der Waals surface area (Å²) in [5, 5.41) is 0. The van der Waals surface area contributed by atoms with Crippen LogP contribution in [0.3, 0.4) is 0 Å². The van der Waals surface area contributed by atoms with Crippen molar-refractivity contribution in [2.24, 2.45) is 0 Å². The standard InChI is InChI=1S/C25H27N3O/c1-18(2)22-24(27-16-8-5-9-17-27)26-23(20-10-6-4-7-11-20)28(25(22)29)21-14-12-19(3)13-15-21/h4,6-7,10-15H,1,5,8-9,16-17H2,2-3H3. The third kappa shape index (κ3) is 3.75. The molecule has 1 aromatic heterocycles. The largest absolute Gasteiger partial charge is 0.356 e. The summed E-state index contributed by atoms with van der Waals surface area (Å²) in [6.45, 7) is 9.90. The van der Waals surface area contributed by atoms with E-state index in [-0.39, 0.29) is 5.56 Å². The Bertz CT molecular complexity index is 1080. The molecule has 3 aromatic rings. The first-order chi connectivity index (χ1) is 14.1. The molecule has 0 amide bonds. The highest BCUT2D eigenvalue weighted by Gasteiger charge is 2.24. The fourth-order valence-corrected chi connectivity index (χ4v) is 3.93. The Morgan fingerprint density at radius 1 is 0.966 bits per heavy atom. The average molecular weight is 386 g/mol. The van der Waals surface area contributed by atoms with Crippen LogP contribution in [0, 0.1) is 6.92 Å². The highest BCUT2D eigenvalue weighted by Crippen LogP contribution is 2.29. The van der Waals surface area contributed by atoms with Gasteiger partial charge in [0.2, 0.25) is 0 Å². The van der Waals surface area contributed by atoms with Crippen molar-refractivity contribution in [3.63, 3.8) is 0 Å². The van der Waals surface area contributed by atoms with Crippen molar-refractivity contribution in [1.82, 2.24) is 9.55 Å². The molecule has 4 rings (SSSR count). The zero-order valence-electron chi connectivity index (χ0n) is 17.2. The summed E-state index contributed by atoms with van der Waals surface area (Å²) >= 11 is 0. The van der Waals surface area contributed by atoms with Crippen LogP contribution in [0.1, 0.15) is 37.3 Å². The van der Waals surface area contributed by atoms with E-state index in [4.69, 9.17) is 4.98 Å². The van der Waals surface area contributed by atoms with Gasteiger partial charge in [0.05, 0.1) is 11.3 Å². The zero-order valence-corrected chi connectivity index (χ0v) is 17.2. The molecule has 0 bridgehead atoms. The van der Waals surface area contributed by atoms with E-state index in [1.807, 2.05) is 68.4 Å². The molecule has 4 nitrogen and oxygen atoms in total. The van der Waals surface area contributed by atoms with Crippen LogP contribution in [0.4, 0.5) is 5.82 Å². The SMILES string of the molecule is C=C(C)c1c(N2CCCCC2)nc(-c2ccccc2)n(-c2ccc(C)cc2)c1=O. The molecule has 0 radical (unpaired) electrons. The van der Waals surface area contributed by atoms with Gasteiger partial charge in [0.1, 0.15) is 11.6 Å². The van der Waals surface area contributed by atoms with Crippen molar-refractivity contribution < 1.29 is 0 Å². The van der Waals surface area contributed by atoms with Crippen molar-refractivity contribution in [3.05, 3.63) is 82.7 Å². The van der Waals surface area contributed by atoms with Gasteiger partial charge in [-0.15, -0.1) is 0 Å². The van der Waals surface area contributed by atoms with E-state index in [1.54, 1.807) is 4.57 Å². The van der Waals surface area contributed by atoms with Crippen LogP contribution >= 0.6 is 0 Å². The summed E-state index contributed by atoms with van der Waals surface area (Å²) in [4.78, 5) is 21.1. The van der Waals surface area contributed by atoms with Crippen LogP contribution in [0.5, 0.6) is 0 Å². The normalized spacial score (nSPS) is 14.1. The molecule has 1 aliphatic rings. The number of nitrogens with zero attached hydrogens (tertiary/aromatic N) is 3. The van der Waals surface area contributed by atoms with E-state index in [9.17, 15) is 4.79 Å². The zero-order chi connectivity index (χ0) is 20.4. The first kappa shape index (κ1) is 19.2. The van der Waals surface area contributed by atoms with E-state index in [0.717, 1.165) is 54.1 Å². The van der Waals surface area contributed by atoms with Gasteiger partial charge >= 0.3 is 0 Å². The third-order valence-electron chi connectivity index (χ3n) is 5.47. The number of hydrogen-bond donors (Lipinski definition) is 0. The number of anilines is 1. The molecule has 0 saturated carbocycles. The Morgan fingerprint density at radius 3 is 2.24 bits per heavy atom. The minimum absolute atomic E-state index is 0.0595. The molecular formula is C25H27N3O. The van der Waals surface area contributed by atoms with Gasteiger partial charge < -0.3 is 4.90 Å². The Balaban J connectivity index is 2.03. The molecule has 1 aliphatic heterocycles. The van der Waals surface area contributed by atoms with Crippen molar-refractivity contribution >= 4 is 11.4 Å². The smallest absolute Gasteiger partial charge is 0.268 e. The summed E-state index contributed by atoms with van der Waals surface area (Å²) in [7, 11) is 0. The first-order valence-corrected chi connectivity index (χ1v) is 10.3. The highest BCUT2D eigenvalue weighted by atomic mass is 16.1. The number of allylic oxidation sites excluding steroid dienone is 1. The van der Waals surface area contributed by atoms with Crippen molar-refractivity contribution in [2.75, 3.05) is 18.0 Å². The summed E-state index contributed by atoms with van der Waals surface area (Å²) in [6, 6.07) is 18.0. The summed E-state index contributed by atoms with van der Waals surface area (Å²) in [5.74, 6) is 1.44. The fourth-order valence-electron chi connectivity index (χ4n) is 3.93. The lowest BCUT2D eigenvalue weighted by atomic mass is 10.1. The lowest BCUT2D eigenvalue weighted by molar-refractivity contribution is 0.572. The van der Waals surface area contributed by atoms with Crippen LogP contribution in [0.2, 0.25) is 0 Å². The fraction of sp³-hybridized carbons (Fsp3) is 0.280. The van der Waals surface area contributed by atoms with Gasteiger partial charge in [0.15, 0.2) is 0 Å². The summed E-state index contributed by atoms with van der Waals surface area (Å²) in [5.41, 5.74) is 4.21. The van der Waals surface area contributed by atoms with Crippen LogP contribution in [0.15, 0.2) is 66.0 Å². The monoisotopic (exact) mass is 385 g/mol. The second-order valence-corrected chi connectivity index (χ2v) is 7.80. The van der Waals surface area contributed by atoms with Crippen LogP contribution < -0.4 is 10.5 Å². The minimum Gasteiger partial charge on any atom is -0.356 e. The molecule has 1 fully saturated rings. The molecular weight excluding hydrogens is 358 g/mol. The molecule has 29 heavy (non-hydrogen) atoms. The maximum Gasteiger partial charge on any atom is 0.268 e. The maximum atomic E-state index is 13.8. The topological polar surface area (TPSA) is 38.1 Å². The molecule has 0 unspecified atom stereocenters. The van der Waals surface area contributed by atoms with Crippen molar-refractivity contribution in [3.8, 4) is 17.1 Å².